The molecule has 26 heavy (non-hydrogen) atoms. The molecule has 0 aromatic heterocycles. The van der Waals surface area contributed by atoms with Crippen molar-refractivity contribution in [3.8, 4) is 0 Å². The molecule has 0 aliphatic carbocycles. The summed E-state index contributed by atoms with van der Waals surface area (Å²) in [5.74, 6) is 0. The van der Waals surface area contributed by atoms with Crippen molar-refractivity contribution in [2.24, 2.45) is 4.99 Å². The topological polar surface area (TPSA) is 15.6 Å². The Labute approximate surface area is 187 Å². The third-order valence-electron chi connectivity index (χ3n) is 3.70. The Morgan fingerprint density at radius 1 is 0.769 bits per heavy atom. The first-order chi connectivity index (χ1) is 12.2. The van der Waals surface area contributed by atoms with Crippen LogP contribution in [0.15, 0.2) is 53.5 Å². The standard InChI is InChI=1S/C9H19N2.2C7H9.Y/c1-4-7-10-9-11(6-3)8-5-2;2*1-2-7-5-3-4-6-7;/h4-8H2,1-3H3;2*3-6H,2H2,1H3;/q3*-1;+3. The molecule has 0 heterocycles. The minimum atomic E-state index is 0. The minimum absolute atomic E-state index is 0. The molecule has 0 spiro atoms. The number of hydrogen-bond donors (Lipinski definition) is 0. The molecule has 2 aromatic rings. The first kappa shape index (κ1) is 27.5. The maximum absolute atomic E-state index is 4.16. The van der Waals surface area contributed by atoms with Gasteiger partial charge in [-0.15, -0.1) is 0 Å². The molecule has 2 rings (SSSR count). The molecule has 0 radical (unpaired) electrons. The molecule has 0 fully saturated rings. The van der Waals surface area contributed by atoms with E-state index >= 15 is 0 Å². The van der Waals surface area contributed by atoms with E-state index < -0.39 is 0 Å². The fraction of sp³-hybridized carbons (Fsp3) is 0.522. The third-order valence-corrected chi connectivity index (χ3v) is 3.70. The Morgan fingerprint density at radius 3 is 1.50 bits per heavy atom. The molecule has 3 heteroatoms. The summed E-state index contributed by atoms with van der Waals surface area (Å²) in [5, 5.41) is 0. The van der Waals surface area contributed by atoms with Crippen LogP contribution in [0.3, 0.4) is 0 Å². The molecule has 2 aromatic carbocycles. The molecule has 0 bridgehead atoms. The Morgan fingerprint density at radius 2 is 1.23 bits per heavy atom. The molecular weight excluding hydrogens is 393 g/mol. The van der Waals surface area contributed by atoms with Gasteiger partial charge in [0.05, 0.1) is 0 Å². The van der Waals surface area contributed by atoms with Gasteiger partial charge in [0.25, 0.3) is 0 Å². The van der Waals surface area contributed by atoms with Crippen LogP contribution in [0.2, 0.25) is 0 Å². The van der Waals surface area contributed by atoms with E-state index in [4.69, 9.17) is 0 Å². The van der Waals surface area contributed by atoms with Gasteiger partial charge in [-0.05, 0) is 25.9 Å². The van der Waals surface area contributed by atoms with Crippen molar-refractivity contribution in [1.82, 2.24) is 4.90 Å². The summed E-state index contributed by atoms with van der Waals surface area (Å²) in [4.78, 5) is 6.28. The maximum Gasteiger partial charge on any atom is 3.00 e. The largest absolute Gasteiger partial charge is 3.00 e. The molecule has 0 N–H and O–H groups in total. The second-order valence-corrected chi connectivity index (χ2v) is 5.85. The zero-order chi connectivity index (χ0) is 18.8. The SMILES string of the molecule is CCCN=[C-]N(CC)CCC.CC[c-]1cccc1.CC[c-]1cccc1.[Y+3]. The first-order valence-electron chi connectivity index (χ1n) is 9.79. The van der Waals surface area contributed by atoms with Crippen LogP contribution in [0.25, 0.3) is 0 Å². The van der Waals surface area contributed by atoms with Gasteiger partial charge in [0.2, 0.25) is 0 Å². The molecule has 0 aliphatic rings. The van der Waals surface area contributed by atoms with Crippen LogP contribution in [0.4, 0.5) is 0 Å². The molecule has 0 saturated heterocycles. The van der Waals surface area contributed by atoms with Crippen molar-refractivity contribution in [3.63, 3.8) is 0 Å². The predicted molar refractivity (Wildman–Crippen MR) is 113 cm³/mol. The van der Waals surface area contributed by atoms with Gasteiger partial charge >= 0.3 is 32.7 Å². The second kappa shape index (κ2) is 20.6. The fourth-order valence-corrected chi connectivity index (χ4v) is 2.11. The number of rotatable bonds is 8. The Bertz CT molecular complexity index is 452. The zero-order valence-electron chi connectivity index (χ0n) is 17.5. The summed E-state index contributed by atoms with van der Waals surface area (Å²) in [5.41, 5.74) is 2.86. The average Bonchev–Trinajstić information content (AvgIpc) is 3.35. The maximum atomic E-state index is 4.16. The van der Waals surface area contributed by atoms with Gasteiger partial charge in [0, 0.05) is 6.54 Å². The van der Waals surface area contributed by atoms with Crippen LogP contribution in [-0.4, -0.2) is 30.9 Å². The Hall–Kier alpha value is -0.726. The van der Waals surface area contributed by atoms with Gasteiger partial charge in [0.1, 0.15) is 0 Å². The summed E-state index contributed by atoms with van der Waals surface area (Å²) in [6.07, 6.45) is 7.63. The minimum Gasteiger partial charge on any atom is -0.538 e. The first-order valence-corrected chi connectivity index (χ1v) is 9.79. The molecule has 2 nitrogen and oxygen atoms in total. The number of aryl methyl sites for hydroxylation is 2. The van der Waals surface area contributed by atoms with Crippen molar-refractivity contribution in [2.45, 2.75) is 60.3 Å². The fourth-order valence-electron chi connectivity index (χ4n) is 2.11. The zero-order valence-corrected chi connectivity index (χ0v) is 20.4. The number of nitrogens with zero attached hydrogens (tertiary/aromatic N) is 2. The van der Waals surface area contributed by atoms with Crippen molar-refractivity contribution in [1.29, 1.82) is 0 Å². The van der Waals surface area contributed by atoms with Crippen molar-refractivity contribution in [2.75, 3.05) is 19.6 Å². The van der Waals surface area contributed by atoms with Gasteiger partial charge in [-0.25, -0.2) is 24.3 Å². The summed E-state index contributed by atoms with van der Waals surface area (Å²) in [7, 11) is 0. The monoisotopic (exact) mass is 430 g/mol. The van der Waals surface area contributed by atoms with E-state index in [1.807, 2.05) is 0 Å². The van der Waals surface area contributed by atoms with Crippen LogP contribution in [0.1, 0.15) is 58.6 Å². The van der Waals surface area contributed by atoms with E-state index in [2.05, 4.69) is 99.4 Å². The molecule has 0 aliphatic heterocycles. The van der Waals surface area contributed by atoms with Gasteiger partial charge in [0.15, 0.2) is 0 Å². The summed E-state index contributed by atoms with van der Waals surface area (Å²) < 4.78 is 0. The van der Waals surface area contributed by atoms with Gasteiger partial charge in [-0.3, -0.25) is 6.34 Å². The third kappa shape index (κ3) is 15.5. The van der Waals surface area contributed by atoms with Crippen molar-refractivity contribution in [3.05, 3.63) is 59.7 Å². The van der Waals surface area contributed by atoms with Crippen LogP contribution in [0.5, 0.6) is 0 Å². The van der Waals surface area contributed by atoms with Crippen LogP contribution in [-0.2, 0) is 45.6 Å². The van der Waals surface area contributed by atoms with E-state index in [0.717, 1.165) is 38.9 Å². The normalized spacial score (nSPS) is 9.58. The molecule has 0 saturated carbocycles. The van der Waals surface area contributed by atoms with Gasteiger partial charge in [-0.2, -0.15) is 35.4 Å². The van der Waals surface area contributed by atoms with Crippen molar-refractivity contribution >= 4 is 6.34 Å². The van der Waals surface area contributed by atoms with E-state index in [-0.39, 0.29) is 32.7 Å². The molecule has 142 valence electrons. The van der Waals surface area contributed by atoms with Gasteiger partial charge < -0.3 is 9.89 Å². The van der Waals surface area contributed by atoms with Gasteiger partial charge in [-0.1, -0.05) is 47.5 Å². The molecule has 0 amide bonds. The van der Waals surface area contributed by atoms with Crippen molar-refractivity contribution < 1.29 is 32.7 Å². The second-order valence-electron chi connectivity index (χ2n) is 5.85. The van der Waals surface area contributed by atoms with Crippen LogP contribution >= 0.6 is 0 Å². The van der Waals surface area contributed by atoms with E-state index in [0.29, 0.717) is 0 Å². The Balaban J connectivity index is 0. The predicted octanol–water partition coefficient (Wildman–Crippen LogP) is 5.97. The summed E-state index contributed by atoms with van der Waals surface area (Å²) in [6, 6.07) is 16.8. The Kier molecular flexibility index (Phi) is 21.8. The van der Waals surface area contributed by atoms with Crippen LogP contribution < -0.4 is 0 Å². The van der Waals surface area contributed by atoms with Crippen LogP contribution in [0, 0.1) is 0 Å². The summed E-state index contributed by atoms with van der Waals surface area (Å²) >= 11 is 0. The smallest absolute Gasteiger partial charge is 0.538 e. The number of aliphatic imine (C=N–C) groups is 1. The van der Waals surface area contributed by atoms with E-state index in [1.165, 1.54) is 17.5 Å². The number of hydrogen-bond acceptors (Lipinski definition) is 1. The molecule has 0 atom stereocenters. The van der Waals surface area contributed by atoms with E-state index in [1.54, 1.807) is 0 Å². The van der Waals surface area contributed by atoms with E-state index in [9.17, 15) is 0 Å². The average molecular weight is 430 g/mol. The quantitative estimate of drug-likeness (QED) is 0.218. The molecule has 0 unspecified atom stereocenters. The molecular formula is C23H37N2Y. The summed E-state index contributed by atoms with van der Waals surface area (Å²) in [6.45, 7) is 13.7.